The Morgan fingerprint density at radius 3 is 2.73 bits per heavy atom. The third-order valence-corrected chi connectivity index (χ3v) is 5.54. The van der Waals surface area contributed by atoms with E-state index in [4.69, 9.17) is 0 Å². The van der Waals surface area contributed by atoms with E-state index in [0.29, 0.717) is 12.0 Å². The number of hydrogen-bond acceptors (Lipinski definition) is 3. The van der Waals surface area contributed by atoms with Crippen molar-refractivity contribution in [3.63, 3.8) is 0 Å². The largest absolute Gasteiger partial charge is 0.369 e. The fourth-order valence-electron chi connectivity index (χ4n) is 3.18. The molecule has 142 valence electrons. The lowest BCUT2D eigenvalue weighted by atomic mass is 10.1. The van der Waals surface area contributed by atoms with Crippen LogP contribution < -0.4 is 15.5 Å². The molecule has 1 aromatic heterocycles. The minimum absolute atomic E-state index is 0. The number of nitrogens with one attached hydrogen (secondary N) is 2. The van der Waals surface area contributed by atoms with Gasteiger partial charge in [-0.1, -0.05) is 24.6 Å². The Morgan fingerprint density at radius 1 is 1.31 bits per heavy atom. The van der Waals surface area contributed by atoms with Gasteiger partial charge < -0.3 is 15.5 Å². The number of rotatable bonds is 5. The molecule has 2 unspecified atom stereocenters. The molecule has 26 heavy (non-hydrogen) atoms. The molecule has 6 heteroatoms. The first kappa shape index (κ1) is 21.0. The van der Waals surface area contributed by atoms with Crippen molar-refractivity contribution in [2.24, 2.45) is 4.99 Å². The first-order chi connectivity index (χ1) is 12.2. The monoisotopic (exact) mass is 484 g/mol. The highest BCUT2D eigenvalue weighted by atomic mass is 127. The molecule has 2 atom stereocenters. The predicted octanol–water partition coefficient (Wildman–Crippen LogP) is 4.22. The number of hydrogen-bond donors (Lipinski definition) is 2. The number of nitrogens with zero attached hydrogens (tertiary/aromatic N) is 2. The lowest BCUT2D eigenvalue weighted by molar-refractivity contribution is 0.634. The van der Waals surface area contributed by atoms with Gasteiger partial charge in [-0.15, -0.1) is 24.0 Å². The second kappa shape index (κ2) is 10.2. The topological polar surface area (TPSA) is 39.7 Å². The first-order valence-electron chi connectivity index (χ1n) is 8.96. The van der Waals surface area contributed by atoms with Crippen LogP contribution in [0.3, 0.4) is 0 Å². The number of aryl methyl sites for hydroxylation is 1. The standard InChI is InChI=1S/C20H28N4S.HI/c1-15-4-6-19(7-5-15)24-10-8-18(13-24)23-20(21-3)22-12-16(2)17-9-11-25-14-17;/h4-7,9,11,14,16,18H,8,10,12-13H2,1-3H3,(H2,21,22,23);1H. The Morgan fingerprint density at radius 2 is 2.08 bits per heavy atom. The van der Waals surface area contributed by atoms with Gasteiger partial charge in [-0.2, -0.15) is 11.3 Å². The van der Waals surface area contributed by atoms with Crippen LogP contribution in [0.5, 0.6) is 0 Å². The van der Waals surface area contributed by atoms with E-state index in [9.17, 15) is 0 Å². The van der Waals surface area contributed by atoms with Crippen LogP contribution in [0.15, 0.2) is 46.1 Å². The van der Waals surface area contributed by atoms with Gasteiger partial charge in [-0.05, 0) is 53.8 Å². The van der Waals surface area contributed by atoms with Crippen LogP contribution in [0.2, 0.25) is 0 Å². The molecule has 1 aliphatic rings. The molecular weight excluding hydrogens is 455 g/mol. The molecule has 0 radical (unpaired) electrons. The molecule has 2 heterocycles. The maximum absolute atomic E-state index is 4.39. The van der Waals surface area contributed by atoms with Gasteiger partial charge in [0.15, 0.2) is 5.96 Å². The highest BCUT2D eigenvalue weighted by Gasteiger charge is 2.23. The van der Waals surface area contributed by atoms with Crippen LogP contribution in [-0.4, -0.2) is 38.7 Å². The van der Waals surface area contributed by atoms with E-state index in [2.05, 4.69) is 75.5 Å². The summed E-state index contributed by atoms with van der Waals surface area (Å²) in [5.74, 6) is 1.38. The fraction of sp³-hybridized carbons (Fsp3) is 0.450. The summed E-state index contributed by atoms with van der Waals surface area (Å²) in [6.07, 6.45) is 1.13. The van der Waals surface area contributed by atoms with E-state index in [-0.39, 0.29) is 24.0 Å². The van der Waals surface area contributed by atoms with Gasteiger partial charge in [0.1, 0.15) is 0 Å². The third-order valence-electron chi connectivity index (χ3n) is 4.84. The van der Waals surface area contributed by atoms with Crippen LogP contribution in [0.1, 0.15) is 30.4 Å². The zero-order chi connectivity index (χ0) is 17.6. The van der Waals surface area contributed by atoms with Crippen LogP contribution in [0, 0.1) is 6.92 Å². The van der Waals surface area contributed by atoms with Crippen LogP contribution >= 0.6 is 35.3 Å². The van der Waals surface area contributed by atoms with Gasteiger partial charge in [-0.25, -0.2) is 0 Å². The van der Waals surface area contributed by atoms with Gasteiger partial charge in [0.25, 0.3) is 0 Å². The Labute approximate surface area is 178 Å². The number of benzene rings is 1. The molecular formula is C20H29IN4S. The van der Waals surface area contributed by atoms with Crippen molar-refractivity contribution in [3.05, 3.63) is 52.2 Å². The number of aliphatic imine (C=N–C) groups is 1. The summed E-state index contributed by atoms with van der Waals surface area (Å²) in [5, 5.41) is 11.4. The van der Waals surface area contributed by atoms with Crippen LogP contribution in [0.4, 0.5) is 5.69 Å². The molecule has 0 bridgehead atoms. The summed E-state index contributed by atoms with van der Waals surface area (Å²) in [7, 11) is 1.84. The molecule has 0 saturated carbocycles. The first-order valence-corrected chi connectivity index (χ1v) is 9.91. The van der Waals surface area contributed by atoms with Gasteiger partial charge in [0.05, 0.1) is 0 Å². The molecule has 0 aliphatic carbocycles. The summed E-state index contributed by atoms with van der Waals surface area (Å²) in [6, 6.07) is 11.4. The summed E-state index contributed by atoms with van der Waals surface area (Å²) in [6.45, 7) is 7.37. The Balaban J connectivity index is 0.00000243. The lowest BCUT2D eigenvalue weighted by Gasteiger charge is -2.21. The van der Waals surface area contributed by atoms with Crippen molar-refractivity contribution in [1.29, 1.82) is 0 Å². The van der Waals surface area contributed by atoms with Crippen LogP contribution in [-0.2, 0) is 0 Å². The van der Waals surface area contributed by atoms with Crippen molar-refractivity contribution < 1.29 is 0 Å². The number of guanidine groups is 1. The maximum atomic E-state index is 4.39. The Hall–Kier alpha value is -1.28. The van der Waals surface area contributed by atoms with E-state index >= 15 is 0 Å². The maximum Gasteiger partial charge on any atom is 0.191 e. The minimum atomic E-state index is 0. The van der Waals surface area contributed by atoms with Gasteiger partial charge in [-0.3, -0.25) is 4.99 Å². The minimum Gasteiger partial charge on any atom is -0.369 e. The van der Waals surface area contributed by atoms with Gasteiger partial charge in [0.2, 0.25) is 0 Å². The molecule has 4 nitrogen and oxygen atoms in total. The molecule has 1 aliphatic heterocycles. The van der Waals surface area contributed by atoms with Crippen molar-refractivity contribution in [3.8, 4) is 0 Å². The second-order valence-electron chi connectivity index (χ2n) is 6.82. The second-order valence-corrected chi connectivity index (χ2v) is 7.60. The van der Waals surface area contributed by atoms with Gasteiger partial charge in [0, 0.05) is 38.4 Å². The Kier molecular flexibility index (Phi) is 8.21. The normalized spacial score (nSPS) is 18.3. The Bertz CT molecular complexity index is 684. The summed E-state index contributed by atoms with van der Waals surface area (Å²) < 4.78 is 0. The SMILES string of the molecule is CN=C(NCC(C)c1ccsc1)NC1CCN(c2ccc(C)cc2)C1.I. The van der Waals surface area contributed by atoms with Crippen molar-refractivity contribution >= 4 is 47.0 Å². The zero-order valence-corrected chi connectivity index (χ0v) is 18.9. The average molecular weight is 484 g/mol. The predicted molar refractivity (Wildman–Crippen MR) is 124 cm³/mol. The highest BCUT2D eigenvalue weighted by molar-refractivity contribution is 14.0. The smallest absolute Gasteiger partial charge is 0.191 e. The lowest BCUT2D eigenvalue weighted by Crippen LogP contribution is -2.45. The van der Waals surface area contributed by atoms with E-state index in [0.717, 1.165) is 32.0 Å². The average Bonchev–Trinajstić information content (AvgIpc) is 3.31. The highest BCUT2D eigenvalue weighted by Crippen LogP contribution is 2.21. The molecule has 0 spiro atoms. The number of halogens is 1. The molecule has 1 aromatic carbocycles. The molecule has 1 fully saturated rings. The number of anilines is 1. The number of thiophene rings is 1. The van der Waals surface area contributed by atoms with Crippen molar-refractivity contribution in [1.82, 2.24) is 10.6 Å². The molecule has 2 aromatic rings. The van der Waals surface area contributed by atoms with E-state index in [1.54, 1.807) is 11.3 Å². The van der Waals surface area contributed by atoms with E-state index in [1.807, 2.05) is 7.05 Å². The molecule has 0 amide bonds. The van der Waals surface area contributed by atoms with E-state index in [1.165, 1.54) is 16.8 Å². The van der Waals surface area contributed by atoms with Crippen molar-refractivity contribution in [2.45, 2.75) is 32.2 Å². The zero-order valence-electron chi connectivity index (χ0n) is 15.7. The summed E-state index contributed by atoms with van der Waals surface area (Å²) in [5.41, 5.74) is 4.00. The molecule has 2 N–H and O–H groups in total. The molecule has 1 saturated heterocycles. The quantitative estimate of drug-likeness (QED) is 0.379. The van der Waals surface area contributed by atoms with Crippen LogP contribution in [0.25, 0.3) is 0 Å². The van der Waals surface area contributed by atoms with E-state index < -0.39 is 0 Å². The molecule has 3 rings (SSSR count). The van der Waals surface area contributed by atoms with Crippen molar-refractivity contribution in [2.75, 3.05) is 31.6 Å². The summed E-state index contributed by atoms with van der Waals surface area (Å²) in [4.78, 5) is 6.84. The fourth-order valence-corrected chi connectivity index (χ4v) is 3.96. The third kappa shape index (κ3) is 5.61. The van der Waals surface area contributed by atoms with Gasteiger partial charge >= 0.3 is 0 Å². The summed E-state index contributed by atoms with van der Waals surface area (Å²) >= 11 is 1.75.